The fourth-order valence-corrected chi connectivity index (χ4v) is 1.73. The number of hydrogen-bond donors (Lipinski definition) is 2. The maximum absolute atomic E-state index is 11.6. The Bertz CT molecular complexity index is 433. The maximum atomic E-state index is 11.6. The summed E-state index contributed by atoms with van der Waals surface area (Å²) in [6.07, 6.45) is 1.09. The molecule has 6 heteroatoms. The average molecular weight is 330 g/mol. The zero-order valence-corrected chi connectivity index (χ0v) is 12.1. The van der Waals surface area contributed by atoms with Crippen molar-refractivity contribution in [3.63, 3.8) is 0 Å². The molecular weight excluding hydrogens is 314 g/mol. The van der Waals surface area contributed by atoms with Crippen molar-refractivity contribution in [2.45, 2.75) is 25.8 Å². The number of carbonyl (C=O) groups excluding carboxylic acids is 1. The van der Waals surface area contributed by atoms with Crippen LogP contribution < -0.4 is 10.1 Å². The van der Waals surface area contributed by atoms with Gasteiger partial charge in [-0.2, -0.15) is 0 Å². The summed E-state index contributed by atoms with van der Waals surface area (Å²) in [5.74, 6) is -0.914. The number of halogens is 1. The van der Waals surface area contributed by atoms with Gasteiger partial charge in [-0.3, -0.25) is 4.79 Å². The lowest BCUT2D eigenvalue weighted by molar-refractivity contribution is -0.142. The number of hydrogen-bond acceptors (Lipinski definition) is 3. The first-order valence-electron chi connectivity index (χ1n) is 5.93. The average Bonchev–Trinajstić information content (AvgIpc) is 2.37. The Labute approximate surface area is 120 Å². The molecule has 1 amide bonds. The molecule has 5 nitrogen and oxygen atoms in total. The first-order valence-corrected chi connectivity index (χ1v) is 6.72. The lowest BCUT2D eigenvalue weighted by Gasteiger charge is -2.13. The van der Waals surface area contributed by atoms with Gasteiger partial charge in [0.2, 0.25) is 0 Å². The third-order valence-corrected chi connectivity index (χ3v) is 2.92. The Hall–Kier alpha value is -1.56. The van der Waals surface area contributed by atoms with E-state index in [0.717, 1.165) is 4.47 Å². The number of carboxylic acid groups (broad SMARTS) is 1. The van der Waals surface area contributed by atoms with Crippen molar-refractivity contribution in [2.24, 2.45) is 0 Å². The van der Waals surface area contributed by atoms with Gasteiger partial charge in [0.05, 0.1) is 0 Å². The molecule has 0 heterocycles. The number of benzene rings is 1. The van der Waals surface area contributed by atoms with Gasteiger partial charge in [0, 0.05) is 4.47 Å². The SMILES string of the molecule is CCCC(NC(=O)COc1ccc(Br)cc1)C(=O)O. The predicted molar refractivity (Wildman–Crippen MR) is 74.1 cm³/mol. The highest BCUT2D eigenvalue weighted by atomic mass is 79.9. The minimum atomic E-state index is -1.03. The molecule has 1 aromatic rings. The number of nitrogens with one attached hydrogen (secondary N) is 1. The Morgan fingerprint density at radius 2 is 2.00 bits per heavy atom. The number of amides is 1. The van der Waals surface area contributed by atoms with E-state index in [1.54, 1.807) is 24.3 Å². The van der Waals surface area contributed by atoms with Gasteiger partial charge < -0.3 is 15.2 Å². The molecule has 1 unspecified atom stereocenters. The van der Waals surface area contributed by atoms with Gasteiger partial charge in [-0.25, -0.2) is 4.79 Å². The van der Waals surface area contributed by atoms with Gasteiger partial charge in [-0.15, -0.1) is 0 Å². The van der Waals surface area contributed by atoms with Crippen molar-refractivity contribution >= 4 is 27.8 Å². The summed E-state index contributed by atoms with van der Waals surface area (Å²) in [6.45, 7) is 1.66. The Morgan fingerprint density at radius 3 is 2.53 bits per heavy atom. The van der Waals surface area contributed by atoms with Gasteiger partial charge in [0.25, 0.3) is 5.91 Å². The summed E-state index contributed by atoms with van der Waals surface area (Å²) in [7, 11) is 0. The van der Waals surface area contributed by atoms with Crippen LogP contribution in [0.5, 0.6) is 5.75 Å². The van der Waals surface area contributed by atoms with Crippen molar-refractivity contribution in [2.75, 3.05) is 6.61 Å². The fourth-order valence-electron chi connectivity index (χ4n) is 1.46. The first-order chi connectivity index (χ1) is 9.02. The molecule has 0 aliphatic heterocycles. The molecule has 0 bridgehead atoms. The molecule has 0 spiro atoms. The normalized spacial score (nSPS) is 11.7. The van der Waals surface area contributed by atoms with Crippen LogP contribution in [0.4, 0.5) is 0 Å². The molecule has 1 aromatic carbocycles. The molecule has 0 saturated heterocycles. The zero-order chi connectivity index (χ0) is 14.3. The first kappa shape index (κ1) is 15.5. The Kier molecular flexibility index (Phi) is 6.35. The van der Waals surface area contributed by atoms with Crippen molar-refractivity contribution < 1.29 is 19.4 Å². The van der Waals surface area contributed by atoms with Gasteiger partial charge in [-0.1, -0.05) is 29.3 Å². The van der Waals surface area contributed by atoms with Crippen LogP contribution in [0.25, 0.3) is 0 Å². The van der Waals surface area contributed by atoms with E-state index in [2.05, 4.69) is 21.2 Å². The highest BCUT2D eigenvalue weighted by Gasteiger charge is 2.18. The van der Waals surface area contributed by atoms with Gasteiger partial charge in [-0.05, 0) is 30.7 Å². The molecule has 0 aromatic heterocycles. The van der Waals surface area contributed by atoms with Crippen molar-refractivity contribution in [3.8, 4) is 5.75 Å². The summed E-state index contributed by atoms with van der Waals surface area (Å²) in [5.41, 5.74) is 0. The van der Waals surface area contributed by atoms with E-state index in [0.29, 0.717) is 18.6 Å². The molecule has 104 valence electrons. The van der Waals surface area contributed by atoms with Crippen molar-refractivity contribution in [1.29, 1.82) is 0 Å². The fraction of sp³-hybridized carbons (Fsp3) is 0.385. The van der Waals surface area contributed by atoms with E-state index in [-0.39, 0.29) is 6.61 Å². The Balaban J connectivity index is 2.42. The molecule has 0 saturated carbocycles. The van der Waals surface area contributed by atoms with E-state index in [9.17, 15) is 9.59 Å². The standard InChI is InChI=1S/C13H16BrNO4/c1-2-3-11(13(17)18)15-12(16)8-19-10-6-4-9(14)5-7-10/h4-7,11H,2-3,8H2,1H3,(H,15,16)(H,17,18). The number of carboxylic acids is 1. The van der Waals surface area contributed by atoms with Crippen LogP contribution in [-0.4, -0.2) is 29.6 Å². The van der Waals surface area contributed by atoms with Crippen LogP contribution in [0.3, 0.4) is 0 Å². The topological polar surface area (TPSA) is 75.6 Å². The molecular formula is C13H16BrNO4. The van der Waals surface area contributed by atoms with E-state index in [1.165, 1.54) is 0 Å². The summed E-state index contributed by atoms with van der Waals surface area (Å²) >= 11 is 3.29. The molecule has 19 heavy (non-hydrogen) atoms. The second-order valence-electron chi connectivity index (χ2n) is 3.99. The largest absolute Gasteiger partial charge is 0.484 e. The summed E-state index contributed by atoms with van der Waals surface area (Å²) < 4.78 is 6.17. The monoisotopic (exact) mass is 329 g/mol. The van der Waals surface area contributed by atoms with E-state index in [1.807, 2.05) is 6.92 Å². The van der Waals surface area contributed by atoms with Crippen LogP contribution >= 0.6 is 15.9 Å². The van der Waals surface area contributed by atoms with Crippen LogP contribution in [0.15, 0.2) is 28.7 Å². The minimum absolute atomic E-state index is 0.199. The zero-order valence-electron chi connectivity index (χ0n) is 10.6. The number of rotatable bonds is 7. The number of ether oxygens (including phenoxy) is 1. The molecule has 0 radical (unpaired) electrons. The predicted octanol–water partition coefficient (Wildman–Crippen LogP) is 2.20. The second kappa shape index (κ2) is 7.78. The van der Waals surface area contributed by atoms with Crippen LogP contribution in [0.2, 0.25) is 0 Å². The third kappa shape index (κ3) is 5.74. The van der Waals surface area contributed by atoms with Gasteiger partial charge >= 0.3 is 5.97 Å². The molecule has 1 rings (SSSR count). The van der Waals surface area contributed by atoms with Crippen LogP contribution in [0.1, 0.15) is 19.8 Å². The summed E-state index contributed by atoms with van der Waals surface area (Å²) in [5, 5.41) is 11.3. The maximum Gasteiger partial charge on any atom is 0.326 e. The van der Waals surface area contributed by atoms with Crippen LogP contribution in [-0.2, 0) is 9.59 Å². The minimum Gasteiger partial charge on any atom is -0.484 e. The lowest BCUT2D eigenvalue weighted by Crippen LogP contribution is -2.42. The summed E-state index contributed by atoms with van der Waals surface area (Å²) in [6, 6.07) is 6.18. The molecule has 0 fully saturated rings. The number of carbonyl (C=O) groups is 2. The molecule has 2 N–H and O–H groups in total. The quantitative estimate of drug-likeness (QED) is 0.804. The van der Waals surface area contributed by atoms with E-state index >= 15 is 0 Å². The Morgan fingerprint density at radius 1 is 1.37 bits per heavy atom. The molecule has 0 aliphatic carbocycles. The number of aliphatic carboxylic acids is 1. The van der Waals surface area contributed by atoms with Crippen molar-refractivity contribution in [1.82, 2.24) is 5.32 Å². The second-order valence-corrected chi connectivity index (χ2v) is 4.91. The van der Waals surface area contributed by atoms with Gasteiger partial charge in [0.15, 0.2) is 6.61 Å². The molecule has 0 aliphatic rings. The van der Waals surface area contributed by atoms with E-state index < -0.39 is 17.9 Å². The molecule has 1 atom stereocenters. The smallest absolute Gasteiger partial charge is 0.326 e. The lowest BCUT2D eigenvalue weighted by atomic mass is 10.2. The van der Waals surface area contributed by atoms with Crippen LogP contribution in [0, 0.1) is 0 Å². The third-order valence-electron chi connectivity index (χ3n) is 2.39. The van der Waals surface area contributed by atoms with Crippen molar-refractivity contribution in [3.05, 3.63) is 28.7 Å². The summed E-state index contributed by atoms with van der Waals surface area (Å²) in [4.78, 5) is 22.4. The highest BCUT2D eigenvalue weighted by molar-refractivity contribution is 9.10. The van der Waals surface area contributed by atoms with E-state index in [4.69, 9.17) is 9.84 Å². The van der Waals surface area contributed by atoms with Gasteiger partial charge in [0.1, 0.15) is 11.8 Å². The highest BCUT2D eigenvalue weighted by Crippen LogP contribution is 2.15.